The van der Waals surface area contributed by atoms with Crippen molar-refractivity contribution >= 4 is 21.6 Å². The molecule has 0 radical (unpaired) electrons. The van der Waals surface area contributed by atoms with E-state index in [9.17, 15) is 18.0 Å². The summed E-state index contributed by atoms with van der Waals surface area (Å²) in [5, 5.41) is -1.80. The highest BCUT2D eigenvalue weighted by molar-refractivity contribution is 7.93. The molecule has 0 bridgehead atoms. The van der Waals surface area contributed by atoms with E-state index in [0.717, 1.165) is 14.0 Å². The quantitative estimate of drug-likeness (QED) is 0.582. The van der Waals surface area contributed by atoms with Crippen LogP contribution in [0.5, 0.6) is 0 Å². The summed E-state index contributed by atoms with van der Waals surface area (Å²) in [5.41, 5.74) is 0. The summed E-state index contributed by atoms with van der Waals surface area (Å²) in [6, 6.07) is 7.32. The lowest BCUT2D eigenvalue weighted by molar-refractivity contribution is -0.142. The largest absolute Gasteiger partial charge is 0.468 e. The standard InChI is InChI=1S/C11H12O5S/c1-8(12)10(11(13)16-2)17(14,15)9-6-4-3-5-7-9/h3-7,10H,1-2H3. The molecule has 1 unspecified atom stereocenters. The molecule has 0 saturated carbocycles. The number of Topliss-reactive ketones (excluding diaryl/α,β-unsaturated/α-hetero) is 1. The van der Waals surface area contributed by atoms with Gasteiger partial charge in [0.05, 0.1) is 12.0 Å². The summed E-state index contributed by atoms with van der Waals surface area (Å²) < 4.78 is 28.4. The van der Waals surface area contributed by atoms with Gasteiger partial charge >= 0.3 is 5.97 Å². The summed E-state index contributed by atoms with van der Waals surface area (Å²) in [4.78, 5) is 22.6. The van der Waals surface area contributed by atoms with Crippen molar-refractivity contribution in [2.75, 3.05) is 7.11 Å². The Bertz CT molecular complexity index is 518. The molecule has 0 heterocycles. The van der Waals surface area contributed by atoms with Gasteiger partial charge in [-0.2, -0.15) is 0 Å². The van der Waals surface area contributed by atoms with Crippen LogP contribution in [0.3, 0.4) is 0 Å². The molecule has 5 nitrogen and oxygen atoms in total. The Balaban J connectivity index is 3.29. The molecule has 1 atom stereocenters. The molecule has 6 heteroatoms. The van der Waals surface area contributed by atoms with Gasteiger partial charge in [-0.25, -0.2) is 8.42 Å². The average Bonchev–Trinajstić information content (AvgIpc) is 2.29. The average molecular weight is 256 g/mol. The first kappa shape index (κ1) is 13.4. The van der Waals surface area contributed by atoms with Crippen molar-refractivity contribution in [2.24, 2.45) is 0 Å². The smallest absolute Gasteiger partial charge is 0.332 e. The molecule has 0 saturated heterocycles. The van der Waals surface area contributed by atoms with Crippen molar-refractivity contribution in [1.29, 1.82) is 0 Å². The first-order valence-electron chi connectivity index (χ1n) is 4.78. The molecule has 0 aliphatic heterocycles. The monoisotopic (exact) mass is 256 g/mol. The Kier molecular flexibility index (Phi) is 4.01. The molecular weight excluding hydrogens is 244 g/mol. The molecule has 0 aliphatic carbocycles. The van der Waals surface area contributed by atoms with E-state index in [-0.39, 0.29) is 4.90 Å². The van der Waals surface area contributed by atoms with Crippen LogP contribution in [0.4, 0.5) is 0 Å². The Labute approximate surface area is 99.3 Å². The Hall–Kier alpha value is -1.69. The van der Waals surface area contributed by atoms with Crippen molar-refractivity contribution in [3.05, 3.63) is 30.3 Å². The van der Waals surface area contributed by atoms with Crippen molar-refractivity contribution < 1.29 is 22.7 Å². The zero-order chi connectivity index (χ0) is 13.1. The van der Waals surface area contributed by atoms with E-state index < -0.39 is 26.8 Å². The van der Waals surface area contributed by atoms with Gasteiger partial charge in [-0.3, -0.25) is 9.59 Å². The third kappa shape index (κ3) is 2.71. The Morgan fingerprint density at radius 2 is 1.71 bits per heavy atom. The van der Waals surface area contributed by atoms with Crippen molar-refractivity contribution in [1.82, 2.24) is 0 Å². The zero-order valence-corrected chi connectivity index (χ0v) is 10.2. The van der Waals surface area contributed by atoms with Crippen molar-refractivity contribution in [2.45, 2.75) is 17.1 Å². The van der Waals surface area contributed by atoms with Crippen LogP contribution in [0, 0.1) is 0 Å². The number of methoxy groups -OCH3 is 1. The minimum atomic E-state index is -4.04. The van der Waals surface area contributed by atoms with E-state index in [1.165, 1.54) is 24.3 Å². The fraction of sp³-hybridized carbons (Fsp3) is 0.273. The number of ether oxygens (including phenoxy) is 1. The summed E-state index contributed by atoms with van der Waals surface area (Å²) in [6.07, 6.45) is 0. The topological polar surface area (TPSA) is 77.5 Å². The number of rotatable bonds is 4. The van der Waals surface area contributed by atoms with Crippen LogP contribution >= 0.6 is 0 Å². The maximum Gasteiger partial charge on any atom is 0.332 e. The van der Waals surface area contributed by atoms with Crippen LogP contribution < -0.4 is 0 Å². The van der Waals surface area contributed by atoms with E-state index in [2.05, 4.69) is 4.74 Å². The minimum absolute atomic E-state index is 0.0781. The molecule has 1 rings (SSSR count). The van der Waals surface area contributed by atoms with Gasteiger partial charge in [0.1, 0.15) is 0 Å². The number of hydrogen-bond donors (Lipinski definition) is 0. The Morgan fingerprint density at radius 1 is 1.18 bits per heavy atom. The first-order valence-corrected chi connectivity index (χ1v) is 6.33. The number of hydrogen-bond acceptors (Lipinski definition) is 5. The maximum absolute atomic E-state index is 12.1. The van der Waals surface area contributed by atoms with E-state index >= 15 is 0 Å². The van der Waals surface area contributed by atoms with Crippen molar-refractivity contribution in [3.8, 4) is 0 Å². The van der Waals surface area contributed by atoms with Gasteiger partial charge in [0.2, 0.25) is 5.25 Å². The van der Waals surface area contributed by atoms with E-state index in [0.29, 0.717) is 0 Å². The first-order chi connectivity index (χ1) is 7.91. The molecule has 1 aromatic carbocycles. The highest BCUT2D eigenvalue weighted by atomic mass is 32.2. The number of carbonyl (C=O) groups is 2. The van der Waals surface area contributed by atoms with Crippen molar-refractivity contribution in [3.63, 3.8) is 0 Å². The van der Waals surface area contributed by atoms with Gasteiger partial charge in [0.25, 0.3) is 0 Å². The van der Waals surface area contributed by atoms with Gasteiger partial charge in [0, 0.05) is 0 Å². The molecule has 1 aromatic rings. The van der Waals surface area contributed by atoms with Gasteiger partial charge in [-0.1, -0.05) is 18.2 Å². The Morgan fingerprint density at radius 3 is 2.12 bits per heavy atom. The SMILES string of the molecule is COC(=O)C(C(C)=O)S(=O)(=O)c1ccccc1. The van der Waals surface area contributed by atoms with Crippen LogP contribution in [-0.4, -0.2) is 32.5 Å². The van der Waals surface area contributed by atoms with Crippen LogP contribution in [0.1, 0.15) is 6.92 Å². The van der Waals surface area contributed by atoms with Crippen LogP contribution in [0.2, 0.25) is 0 Å². The van der Waals surface area contributed by atoms with Gasteiger partial charge in [-0.15, -0.1) is 0 Å². The van der Waals surface area contributed by atoms with E-state index in [1.807, 2.05) is 0 Å². The molecule has 0 spiro atoms. The molecule has 0 fully saturated rings. The molecule has 0 amide bonds. The van der Waals surface area contributed by atoms with Gasteiger partial charge in [0.15, 0.2) is 15.6 Å². The number of esters is 1. The normalized spacial score (nSPS) is 12.8. The van der Waals surface area contributed by atoms with E-state index in [4.69, 9.17) is 0 Å². The lowest BCUT2D eigenvalue weighted by atomic mass is 10.3. The number of sulfone groups is 1. The molecular formula is C11H12O5S. The zero-order valence-electron chi connectivity index (χ0n) is 9.41. The molecule has 0 aromatic heterocycles. The fourth-order valence-corrected chi connectivity index (χ4v) is 2.96. The lowest BCUT2D eigenvalue weighted by Crippen LogP contribution is -2.37. The second kappa shape index (κ2) is 5.09. The maximum atomic E-state index is 12.1. The fourth-order valence-electron chi connectivity index (χ4n) is 1.36. The third-order valence-corrected chi connectivity index (χ3v) is 4.24. The van der Waals surface area contributed by atoms with Crippen LogP contribution in [0.15, 0.2) is 35.2 Å². The van der Waals surface area contributed by atoms with Gasteiger partial charge in [-0.05, 0) is 19.1 Å². The predicted molar refractivity (Wildman–Crippen MR) is 60.1 cm³/mol. The summed E-state index contributed by atoms with van der Waals surface area (Å²) in [5.74, 6) is -1.83. The second-order valence-corrected chi connectivity index (χ2v) is 5.40. The highest BCUT2D eigenvalue weighted by Crippen LogP contribution is 2.17. The predicted octanol–water partition coefficient (Wildman–Crippen LogP) is 0.591. The summed E-state index contributed by atoms with van der Waals surface area (Å²) in [7, 11) is -3.00. The van der Waals surface area contributed by atoms with Crippen LogP contribution in [0.25, 0.3) is 0 Å². The molecule has 0 aliphatic rings. The number of ketones is 1. The van der Waals surface area contributed by atoms with E-state index in [1.54, 1.807) is 6.07 Å². The molecule has 92 valence electrons. The minimum Gasteiger partial charge on any atom is -0.468 e. The summed E-state index contributed by atoms with van der Waals surface area (Å²) >= 11 is 0. The lowest BCUT2D eigenvalue weighted by Gasteiger charge is -2.12. The summed E-state index contributed by atoms with van der Waals surface area (Å²) in [6.45, 7) is 1.04. The van der Waals surface area contributed by atoms with Gasteiger partial charge < -0.3 is 4.74 Å². The number of carbonyl (C=O) groups excluding carboxylic acids is 2. The highest BCUT2D eigenvalue weighted by Gasteiger charge is 2.38. The second-order valence-electron chi connectivity index (χ2n) is 3.37. The number of benzene rings is 1. The van der Waals surface area contributed by atoms with Crippen LogP contribution in [-0.2, 0) is 24.2 Å². The molecule has 0 N–H and O–H groups in total. The molecule has 17 heavy (non-hydrogen) atoms. The third-order valence-electron chi connectivity index (χ3n) is 2.17.